The molecule has 35 heavy (non-hydrogen) atoms. The number of piperidine rings is 1. The van der Waals surface area contributed by atoms with Gasteiger partial charge in [0.15, 0.2) is 5.82 Å². The monoisotopic (exact) mass is 484 g/mol. The molecule has 2 aliphatic carbocycles. The highest BCUT2D eigenvalue weighted by Gasteiger charge is 2.43. The number of hydrogen-bond donors (Lipinski definition) is 0. The minimum atomic E-state index is 0.141. The molecule has 5 rings (SSSR count). The number of rotatable bonds is 9. The van der Waals surface area contributed by atoms with Gasteiger partial charge in [0.25, 0.3) is 0 Å². The van der Waals surface area contributed by atoms with Crippen molar-refractivity contribution in [2.45, 2.75) is 64.4 Å². The lowest BCUT2D eigenvalue weighted by Gasteiger charge is -2.30. The molecule has 3 fully saturated rings. The van der Waals surface area contributed by atoms with E-state index in [9.17, 15) is 4.79 Å². The number of morpholine rings is 1. The van der Waals surface area contributed by atoms with E-state index in [0.717, 1.165) is 61.7 Å². The van der Waals surface area contributed by atoms with Gasteiger partial charge in [-0.25, -0.2) is 0 Å². The summed E-state index contributed by atoms with van der Waals surface area (Å²) in [7, 11) is 0. The Hall–Kier alpha value is -2.19. The largest absolute Gasteiger partial charge is 0.378 e. The summed E-state index contributed by atoms with van der Waals surface area (Å²) in [5, 5.41) is 4.11. The first-order chi connectivity index (χ1) is 17.1. The Morgan fingerprint density at radius 3 is 2.69 bits per heavy atom. The molecule has 0 aromatic carbocycles. The molecule has 0 bridgehead atoms. The van der Waals surface area contributed by atoms with E-state index in [1.54, 1.807) is 0 Å². The number of anilines is 1. The van der Waals surface area contributed by atoms with Crippen molar-refractivity contribution in [3.8, 4) is 0 Å². The molecular weight excluding hydrogens is 444 g/mol. The maximum atomic E-state index is 12.4. The van der Waals surface area contributed by atoms with Gasteiger partial charge in [-0.05, 0) is 55.4 Å². The van der Waals surface area contributed by atoms with E-state index >= 15 is 0 Å². The minimum Gasteiger partial charge on any atom is -0.378 e. The van der Waals surface area contributed by atoms with E-state index < -0.39 is 0 Å². The zero-order chi connectivity index (χ0) is 24.2. The van der Waals surface area contributed by atoms with Crippen LogP contribution in [0.3, 0.4) is 0 Å². The molecule has 1 unspecified atom stereocenters. The molecule has 4 aliphatic rings. The van der Waals surface area contributed by atoms with Gasteiger partial charge in [-0.1, -0.05) is 37.2 Å². The highest BCUT2D eigenvalue weighted by molar-refractivity contribution is 5.79. The van der Waals surface area contributed by atoms with Crippen LogP contribution in [0.4, 0.5) is 6.01 Å². The van der Waals surface area contributed by atoms with Crippen LogP contribution in [0.5, 0.6) is 0 Å². The average Bonchev–Trinajstić information content (AvgIpc) is 3.48. The standard InChI is InChI=1S/C27H40N4O4/c1-19(2)26-28-27(35-29-26)31-10-7-21(8-11-31)24-18-22(24)9-14-34-23-5-3-20(4-6-23)17-25(32)30-12-15-33-16-13-30/h3-5,19,21-24H,6-18H2,1-2H3/t22-,23?,24-/m1/s1. The van der Waals surface area contributed by atoms with E-state index in [0.29, 0.717) is 44.7 Å². The van der Waals surface area contributed by atoms with Crippen molar-refractivity contribution < 1.29 is 18.8 Å². The van der Waals surface area contributed by atoms with Gasteiger partial charge in [0.1, 0.15) is 0 Å². The van der Waals surface area contributed by atoms with E-state index in [1.165, 1.54) is 19.3 Å². The molecular formula is C27H40N4O4. The first-order valence-corrected chi connectivity index (χ1v) is 13.5. The fourth-order valence-corrected chi connectivity index (χ4v) is 5.66. The van der Waals surface area contributed by atoms with Crippen molar-refractivity contribution in [2.24, 2.45) is 17.8 Å². The second kappa shape index (κ2) is 11.2. The van der Waals surface area contributed by atoms with Crippen LogP contribution in [0.25, 0.3) is 0 Å². The molecule has 192 valence electrons. The normalized spacial score (nSPS) is 27.4. The third-order valence-electron chi connectivity index (χ3n) is 8.02. The number of nitrogens with zero attached hydrogens (tertiary/aromatic N) is 4. The van der Waals surface area contributed by atoms with E-state index in [2.05, 4.69) is 47.1 Å². The summed E-state index contributed by atoms with van der Waals surface area (Å²) >= 11 is 0. The molecule has 0 radical (unpaired) electrons. The van der Waals surface area contributed by atoms with Crippen LogP contribution in [0, 0.1) is 17.8 Å². The molecule has 2 aliphatic heterocycles. The zero-order valence-electron chi connectivity index (χ0n) is 21.2. The molecule has 1 saturated carbocycles. The Bertz CT molecular complexity index is 912. The van der Waals surface area contributed by atoms with Crippen molar-refractivity contribution in [1.82, 2.24) is 15.0 Å². The van der Waals surface area contributed by atoms with Gasteiger partial charge in [0.2, 0.25) is 5.91 Å². The number of hydrogen-bond acceptors (Lipinski definition) is 7. The lowest BCUT2D eigenvalue weighted by atomic mass is 9.90. The number of ether oxygens (including phenoxy) is 2. The molecule has 0 N–H and O–H groups in total. The fraction of sp³-hybridized carbons (Fsp3) is 0.741. The second-order valence-electron chi connectivity index (χ2n) is 10.8. The molecule has 8 nitrogen and oxygen atoms in total. The van der Waals surface area contributed by atoms with Gasteiger partial charge in [-0.2, -0.15) is 4.98 Å². The quantitative estimate of drug-likeness (QED) is 0.525. The molecule has 1 aromatic heterocycles. The first kappa shape index (κ1) is 24.5. The number of aromatic nitrogens is 2. The third-order valence-corrected chi connectivity index (χ3v) is 8.02. The number of carbonyl (C=O) groups is 1. The average molecular weight is 485 g/mol. The van der Waals surface area contributed by atoms with Crippen molar-refractivity contribution in [3.63, 3.8) is 0 Å². The minimum absolute atomic E-state index is 0.141. The highest BCUT2D eigenvalue weighted by atomic mass is 16.5. The molecule has 8 heteroatoms. The Balaban J connectivity index is 0.959. The number of allylic oxidation sites excluding steroid dienone is 1. The maximum Gasteiger partial charge on any atom is 0.324 e. The summed E-state index contributed by atoms with van der Waals surface area (Å²) in [5.74, 6) is 3.78. The van der Waals surface area contributed by atoms with Gasteiger partial charge in [-0.3, -0.25) is 4.79 Å². The molecule has 3 heterocycles. The Morgan fingerprint density at radius 2 is 2.00 bits per heavy atom. The molecule has 1 amide bonds. The topological polar surface area (TPSA) is 80.9 Å². The van der Waals surface area contributed by atoms with Crippen molar-refractivity contribution in [2.75, 3.05) is 50.9 Å². The van der Waals surface area contributed by atoms with E-state index in [4.69, 9.17) is 14.0 Å². The number of amides is 1. The van der Waals surface area contributed by atoms with Gasteiger partial charge in [-0.15, -0.1) is 0 Å². The van der Waals surface area contributed by atoms with Crippen molar-refractivity contribution in [1.29, 1.82) is 0 Å². The predicted molar refractivity (Wildman–Crippen MR) is 133 cm³/mol. The molecule has 2 saturated heterocycles. The SMILES string of the molecule is CC(C)c1noc(N2CCC([C@H]3C[C@H]3CCOC3C=CC(CC(=O)N4CCOCC4)=CC3)CC2)n1. The highest BCUT2D eigenvalue weighted by Crippen LogP contribution is 2.50. The van der Waals surface area contributed by atoms with E-state index in [1.807, 2.05) is 4.90 Å². The van der Waals surface area contributed by atoms with Gasteiger partial charge >= 0.3 is 6.01 Å². The summed E-state index contributed by atoms with van der Waals surface area (Å²) in [5.41, 5.74) is 1.11. The van der Waals surface area contributed by atoms with E-state index in [-0.39, 0.29) is 12.0 Å². The van der Waals surface area contributed by atoms with Crippen molar-refractivity contribution >= 4 is 11.9 Å². The second-order valence-corrected chi connectivity index (χ2v) is 10.8. The molecule has 0 spiro atoms. The van der Waals surface area contributed by atoms with Crippen LogP contribution in [0.15, 0.2) is 28.3 Å². The van der Waals surface area contributed by atoms with Crippen LogP contribution in [-0.4, -0.2) is 73.1 Å². The summed E-state index contributed by atoms with van der Waals surface area (Å²) in [6.45, 7) is 9.75. The predicted octanol–water partition coefficient (Wildman–Crippen LogP) is 3.96. The first-order valence-electron chi connectivity index (χ1n) is 13.5. The summed E-state index contributed by atoms with van der Waals surface area (Å²) in [6, 6.07) is 0.691. The summed E-state index contributed by atoms with van der Waals surface area (Å²) in [6.07, 6.45) is 12.8. The van der Waals surface area contributed by atoms with Crippen LogP contribution < -0.4 is 4.90 Å². The Kier molecular flexibility index (Phi) is 7.88. The smallest absolute Gasteiger partial charge is 0.324 e. The Labute approximate surface area is 208 Å². The van der Waals surface area contributed by atoms with Crippen LogP contribution in [0.2, 0.25) is 0 Å². The zero-order valence-corrected chi connectivity index (χ0v) is 21.2. The third kappa shape index (κ3) is 6.33. The molecule has 1 aromatic rings. The lowest BCUT2D eigenvalue weighted by Crippen LogP contribution is -2.40. The van der Waals surface area contributed by atoms with Crippen LogP contribution in [0.1, 0.15) is 64.1 Å². The summed E-state index contributed by atoms with van der Waals surface area (Å²) < 4.78 is 17.0. The summed E-state index contributed by atoms with van der Waals surface area (Å²) in [4.78, 5) is 21.1. The maximum absolute atomic E-state index is 12.4. The number of carbonyl (C=O) groups excluding carboxylic acids is 1. The lowest BCUT2D eigenvalue weighted by molar-refractivity contribution is -0.134. The van der Waals surface area contributed by atoms with Crippen molar-refractivity contribution in [3.05, 3.63) is 29.6 Å². The van der Waals surface area contributed by atoms with Crippen LogP contribution >= 0.6 is 0 Å². The molecule has 3 atom stereocenters. The Morgan fingerprint density at radius 1 is 1.20 bits per heavy atom. The van der Waals surface area contributed by atoms with Gasteiger partial charge < -0.3 is 23.8 Å². The van der Waals surface area contributed by atoms with Gasteiger partial charge in [0.05, 0.1) is 25.7 Å². The fourth-order valence-electron chi connectivity index (χ4n) is 5.66. The van der Waals surface area contributed by atoms with Crippen LogP contribution in [-0.2, 0) is 14.3 Å². The van der Waals surface area contributed by atoms with Gasteiger partial charge in [0, 0.05) is 38.7 Å².